The Kier molecular flexibility index (Phi) is 5.29. The number of hydrogen-bond donors (Lipinski definition) is 2. The van der Waals surface area contributed by atoms with Crippen molar-refractivity contribution in [2.45, 2.75) is 34.6 Å². The summed E-state index contributed by atoms with van der Waals surface area (Å²) in [6.45, 7) is 9.63. The van der Waals surface area contributed by atoms with Crippen molar-refractivity contribution in [3.8, 4) is 5.82 Å². The fraction of sp³-hybridized carbons (Fsp3) is 0.217. The number of carbonyl (C=O) groups is 1. The average molecular weight is 416 g/mol. The minimum atomic E-state index is -0.198. The summed E-state index contributed by atoms with van der Waals surface area (Å²) in [6, 6.07) is 12.8. The van der Waals surface area contributed by atoms with Crippen molar-refractivity contribution in [1.29, 1.82) is 0 Å². The topological polar surface area (TPSA) is 97.9 Å². The second kappa shape index (κ2) is 8.06. The normalized spacial score (nSPS) is 10.9. The predicted molar refractivity (Wildman–Crippen MR) is 119 cm³/mol. The highest BCUT2D eigenvalue weighted by Crippen LogP contribution is 2.21. The number of carbonyl (C=O) groups excluding carboxylic acids is 1. The zero-order valence-electron chi connectivity index (χ0n) is 18.1. The van der Waals surface area contributed by atoms with Crippen LogP contribution in [0.2, 0.25) is 0 Å². The summed E-state index contributed by atoms with van der Waals surface area (Å²) in [4.78, 5) is 12.4. The fourth-order valence-corrected chi connectivity index (χ4v) is 3.29. The number of benzene rings is 1. The van der Waals surface area contributed by atoms with Gasteiger partial charge in [0.05, 0.1) is 11.3 Å². The lowest BCUT2D eigenvalue weighted by Crippen LogP contribution is -2.12. The Morgan fingerprint density at radius 3 is 2.19 bits per heavy atom. The van der Waals surface area contributed by atoms with Crippen LogP contribution in [0, 0.1) is 34.6 Å². The van der Waals surface area contributed by atoms with Crippen LogP contribution in [0.4, 0.5) is 17.2 Å². The number of aromatic nitrogens is 4. The van der Waals surface area contributed by atoms with Crippen LogP contribution >= 0.6 is 0 Å². The molecule has 0 radical (unpaired) electrons. The molecule has 0 fully saturated rings. The van der Waals surface area contributed by atoms with E-state index in [-0.39, 0.29) is 5.91 Å². The van der Waals surface area contributed by atoms with Gasteiger partial charge in [0.15, 0.2) is 11.6 Å². The highest BCUT2D eigenvalue weighted by Gasteiger charge is 2.14. The molecule has 0 bridgehead atoms. The van der Waals surface area contributed by atoms with E-state index < -0.39 is 0 Å². The van der Waals surface area contributed by atoms with E-state index in [1.165, 1.54) is 0 Å². The molecule has 0 saturated carbocycles. The molecule has 0 aliphatic heterocycles. The van der Waals surface area contributed by atoms with Crippen molar-refractivity contribution in [2.24, 2.45) is 0 Å². The molecule has 0 aliphatic rings. The summed E-state index contributed by atoms with van der Waals surface area (Å²) in [5.74, 6) is 2.40. The van der Waals surface area contributed by atoms with Crippen molar-refractivity contribution < 1.29 is 9.21 Å². The number of aryl methyl sites for hydroxylation is 3. The van der Waals surface area contributed by atoms with E-state index in [0.29, 0.717) is 34.4 Å². The molecule has 0 unspecified atom stereocenters. The van der Waals surface area contributed by atoms with E-state index in [1.807, 2.05) is 64.1 Å². The lowest BCUT2D eigenvalue weighted by molar-refractivity contribution is 0.102. The Labute approximate surface area is 180 Å². The van der Waals surface area contributed by atoms with Crippen LogP contribution in [0.5, 0.6) is 0 Å². The molecule has 1 aromatic carbocycles. The first-order chi connectivity index (χ1) is 14.8. The molecule has 3 heterocycles. The molecule has 8 heteroatoms. The monoisotopic (exact) mass is 416 g/mol. The Morgan fingerprint density at radius 2 is 1.65 bits per heavy atom. The summed E-state index contributed by atoms with van der Waals surface area (Å²) in [5.41, 5.74) is 5.23. The van der Waals surface area contributed by atoms with Gasteiger partial charge in [0.25, 0.3) is 5.91 Å². The van der Waals surface area contributed by atoms with Crippen molar-refractivity contribution in [1.82, 2.24) is 20.0 Å². The van der Waals surface area contributed by atoms with E-state index in [2.05, 4.69) is 25.9 Å². The maximum atomic E-state index is 12.4. The molecule has 31 heavy (non-hydrogen) atoms. The van der Waals surface area contributed by atoms with E-state index in [0.717, 1.165) is 22.6 Å². The lowest BCUT2D eigenvalue weighted by atomic mass is 10.2. The Balaban J connectivity index is 1.42. The SMILES string of the molecule is Cc1cc(C(=O)Nc2ccc(Nc3ccc(-n4nc(C)c(C)c4C)nn3)cc2)c(C)o1. The van der Waals surface area contributed by atoms with Crippen molar-refractivity contribution >= 4 is 23.1 Å². The van der Waals surface area contributed by atoms with Gasteiger partial charge in [0, 0.05) is 17.1 Å². The van der Waals surface area contributed by atoms with E-state index in [9.17, 15) is 4.79 Å². The van der Waals surface area contributed by atoms with Crippen molar-refractivity contribution in [3.63, 3.8) is 0 Å². The molecule has 0 spiro atoms. The zero-order valence-corrected chi connectivity index (χ0v) is 18.1. The summed E-state index contributed by atoms with van der Waals surface area (Å²) in [6.07, 6.45) is 0. The minimum Gasteiger partial charge on any atom is -0.466 e. The molecule has 0 saturated heterocycles. The molecule has 8 nitrogen and oxygen atoms in total. The predicted octanol–water partition coefficient (Wildman–Crippen LogP) is 4.79. The maximum absolute atomic E-state index is 12.4. The fourth-order valence-electron chi connectivity index (χ4n) is 3.29. The lowest BCUT2D eigenvalue weighted by Gasteiger charge is -2.08. The number of nitrogens with one attached hydrogen (secondary N) is 2. The molecule has 0 atom stereocenters. The zero-order chi connectivity index (χ0) is 22.1. The molecule has 2 N–H and O–H groups in total. The van der Waals surface area contributed by atoms with Gasteiger partial charge in [-0.3, -0.25) is 4.79 Å². The third-order valence-electron chi connectivity index (χ3n) is 5.22. The summed E-state index contributed by atoms with van der Waals surface area (Å²) >= 11 is 0. The van der Waals surface area contributed by atoms with Gasteiger partial charge in [0.2, 0.25) is 0 Å². The maximum Gasteiger partial charge on any atom is 0.259 e. The second-order valence-corrected chi connectivity index (χ2v) is 7.47. The largest absolute Gasteiger partial charge is 0.466 e. The smallest absolute Gasteiger partial charge is 0.259 e. The Bertz CT molecular complexity index is 1240. The van der Waals surface area contributed by atoms with Crippen LogP contribution < -0.4 is 10.6 Å². The van der Waals surface area contributed by atoms with Crippen molar-refractivity contribution in [3.05, 3.63) is 76.5 Å². The van der Waals surface area contributed by atoms with Gasteiger partial charge in [-0.1, -0.05) is 0 Å². The first kappa shape index (κ1) is 20.3. The van der Waals surface area contributed by atoms with Crippen LogP contribution in [0.25, 0.3) is 5.82 Å². The summed E-state index contributed by atoms with van der Waals surface area (Å²) < 4.78 is 7.21. The van der Waals surface area contributed by atoms with Crippen LogP contribution in [0.3, 0.4) is 0 Å². The standard InChI is InChI=1S/C23H24N6O2/c1-13-12-20(17(5)31-13)23(30)25-19-8-6-18(7-9-19)24-21-10-11-22(27-26-21)29-16(4)14(2)15(3)28-29/h6-12H,1-5H3,(H,24,26)(H,25,30). The Morgan fingerprint density at radius 1 is 0.935 bits per heavy atom. The highest BCUT2D eigenvalue weighted by molar-refractivity contribution is 6.05. The van der Waals surface area contributed by atoms with E-state index in [1.54, 1.807) is 17.7 Å². The van der Waals surface area contributed by atoms with Gasteiger partial charge in [0.1, 0.15) is 11.5 Å². The number of nitrogens with zero attached hydrogens (tertiary/aromatic N) is 4. The first-order valence-corrected chi connectivity index (χ1v) is 9.94. The second-order valence-electron chi connectivity index (χ2n) is 7.47. The summed E-state index contributed by atoms with van der Waals surface area (Å²) in [5, 5.41) is 19.1. The number of furan rings is 1. The minimum absolute atomic E-state index is 0.198. The first-order valence-electron chi connectivity index (χ1n) is 9.94. The van der Waals surface area contributed by atoms with Gasteiger partial charge in [-0.05, 0) is 82.6 Å². The number of rotatable bonds is 5. The summed E-state index contributed by atoms with van der Waals surface area (Å²) in [7, 11) is 0. The van der Waals surface area contributed by atoms with E-state index >= 15 is 0 Å². The molecule has 3 aromatic heterocycles. The molecule has 158 valence electrons. The number of amides is 1. The third kappa shape index (κ3) is 4.18. The van der Waals surface area contributed by atoms with Gasteiger partial charge < -0.3 is 15.1 Å². The molecular weight excluding hydrogens is 392 g/mol. The number of hydrogen-bond acceptors (Lipinski definition) is 6. The van der Waals surface area contributed by atoms with Crippen LogP contribution in [0.15, 0.2) is 46.9 Å². The number of anilines is 3. The molecular formula is C23H24N6O2. The quantitative estimate of drug-likeness (QED) is 0.485. The molecule has 0 aliphatic carbocycles. The molecule has 1 amide bonds. The van der Waals surface area contributed by atoms with Gasteiger partial charge in [-0.2, -0.15) is 5.10 Å². The highest BCUT2D eigenvalue weighted by atomic mass is 16.3. The Hall–Kier alpha value is -3.94. The third-order valence-corrected chi connectivity index (χ3v) is 5.22. The van der Waals surface area contributed by atoms with Crippen LogP contribution in [-0.4, -0.2) is 25.9 Å². The van der Waals surface area contributed by atoms with Crippen LogP contribution in [-0.2, 0) is 0 Å². The van der Waals surface area contributed by atoms with Crippen LogP contribution in [0.1, 0.15) is 38.8 Å². The van der Waals surface area contributed by atoms with Crippen molar-refractivity contribution in [2.75, 3.05) is 10.6 Å². The van der Waals surface area contributed by atoms with Gasteiger partial charge >= 0.3 is 0 Å². The van der Waals surface area contributed by atoms with Gasteiger partial charge in [-0.15, -0.1) is 10.2 Å². The van der Waals surface area contributed by atoms with Gasteiger partial charge in [-0.25, -0.2) is 4.68 Å². The average Bonchev–Trinajstić information content (AvgIpc) is 3.22. The molecule has 4 rings (SSSR count). The molecule has 4 aromatic rings. The van der Waals surface area contributed by atoms with E-state index in [4.69, 9.17) is 4.42 Å².